The molecule has 0 aliphatic heterocycles. The van der Waals surface area contributed by atoms with Crippen molar-refractivity contribution in [2.24, 2.45) is 0 Å². The number of aromatic nitrogens is 1. The van der Waals surface area contributed by atoms with Crippen molar-refractivity contribution >= 4 is 19.1 Å². The van der Waals surface area contributed by atoms with Crippen molar-refractivity contribution in [1.82, 2.24) is 4.98 Å². The Bertz CT molecular complexity index is 376. The lowest BCUT2D eigenvalue weighted by Crippen LogP contribution is -2.44. The Balaban J connectivity index is 0.000000331. The maximum absolute atomic E-state index is 10.7. The smallest absolute Gasteiger partial charge is 0.178 e. The SMILES string of the molecule is CC(C)(O)C(C)(C)O.[B]c1ccc(C(C)=O)nc1. The number of aliphatic hydroxyl groups is 2. The molecule has 2 N–H and O–H groups in total. The predicted octanol–water partition coefficient (Wildman–Crippen LogP) is 0.606. The van der Waals surface area contributed by atoms with Gasteiger partial charge in [-0.05, 0) is 33.8 Å². The van der Waals surface area contributed by atoms with Gasteiger partial charge in [0, 0.05) is 13.1 Å². The average Bonchev–Trinajstić information content (AvgIpc) is 2.16. The Kier molecular flexibility index (Phi) is 5.71. The van der Waals surface area contributed by atoms with Gasteiger partial charge in [-0.15, -0.1) is 0 Å². The minimum atomic E-state index is -1.01. The second-order valence-electron chi connectivity index (χ2n) is 5.15. The van der Waals surface area contributed by atoms with Crippen molar-refractivity contribution in [1.29, 1.82) is 0 Å². The van der Waals surface area contributed by atoms with Gasteiger partial charge in [-0.3, -0.25) is 9.78 Å². The van der Waals surface area contributed by atoms with Gasteiger partial charge in [0.1, 0.15) is 13.5 Å². The fourth-order valence-electron chi connectivity index (χ4n) is 0.614. The van der Waals surface area contributed by atoms with Crippen LogP contribution >= 0.6 is 0 Å². The molecule has 2 radical (unpaired) electrons. The first-order chi connectivity index (χ1) is 7.95. The first kappa shape index (κ1) is 16.8. The summed E-state index contributed by atoms with van der Waals surface area (Å²) in [6.45, 7) is 7.78. The van der Waals surface area contributed by atoms with Gasteiger partial charge in [0.25, 0.3) is 0 Å². The summed E-state index contributed by atoms with van der Waals surface area (Å²) in [6.07, 6.45) is 1.47. The number of rotatable bonds is 2. The van der Waals surface area contributed by atoms with Crippen LogP contribution in [0.25, 0.3) is 0 Å². The molecule has 0 unspecified atom stereocenters. The predicted molar refractivity (Wildman–Crippen MR) is 72.2 cm³/mol. The number of pyridine rings is 1. The van der Waals surface area contributed by atoms with E-state index in [1.54, 1.807) is 39.8 Å². The van der Waals surface area contributed by atoms with E-state index < -0.39 is 11.2 Å². The lowest BCUT2D eigenvalue weighted by molar-refractivity contribution is -0.107. The fraction of sp³-hybridized carbons (Fsp3) is 0.538. The third-order valence-electron chi connectivity index (χ3n) is 2.64. The zero-order valence-electron chi connectivity index (χ0n) is 11.6. The maximum Gasteiger partial charge on any atom is 0.178 e. The average molecular weight is 249 g/mol. The van der Waals surface area contributed by atoms with E-state index >= 15 is 0 Å². The van der Waals surface area contributed by atoms with E-state index in [9.17, 15) is 4.79 Å². The molecule has 0 saturated carbocycles. The normalized spacial score (nSPS) is 11.5. The van der Waals surface area contributed by atoms with Crippen molar-refractivity contribution < 1.29 is 15.0 Å². The minimum Gasteiger partial charge on any atom is -0.387 e. The topological polar surface area (TPSA) is 70.4 Å². The molecule has 0 aromatic carbocycles. The molecule has 0 atom stereocenters. The Morgan fingerprint density at radius 1 is 1.17 bits per heavy atom. The van der Waals surface area contributed by atoms with Crippen molar-refractivity contribution in [2.75, 3.05) is 0 Å². The van der Waals surface area contributed by atoms with Crippen molar-refractivity contribution in [3.8, 4) is 0 Å². The second kappa shape index (κ2) is 6.11. The molecule has 0 amide bonds. The molecule has 5 heteroatoms. The van der Waals surface area contributed by atoms with Gasteiger partial charge in [-0.2, -0.15) is 0 Å². The highest BCUT2D eigenvalue weighted by Gasteiger charge is 2.31. The number of hydrogen-bond donors (Lipinski definition) is 2. The summed E-state index contributed by atoms with van der Waals surface area (Å²) in [5, 5.41) is 18.2. The molecule has 1 rings (SSSR count). The lowest BCUT2D eigenvalue weighted by Gasteiger charge is -2.31. The van der Waals surface area contributed by atoms with Gasteiger partial charge in [0.15, 0.2) is 5.78 Å². The van der Waals surface area contributed by atoms with E-state index in [2.05, 4.69) is 4.98 Å². The van der Waals surface area contributed by atoms with Crippen molar-refractivity contribution in [2.45, 2.75) is 45.8 Å². The van der Waals surface area contributed by atoms with E-state index in [1.807, 2.05) is 0 Å². The number of nitrogens with zero attached hydrogens (tertiary/aromatic N) is 1. The van der Waals surface area contributed by atoms with Crippen LogP contribution < -0.4 is 5.46 Å². The van der Waals surface area contributed by atoms with Gasteiger partial charge in [0.05, 0.1) is 11.2 Å². The zero-order chi connectivity index (χ0) is 14.6. The van der Waals surface area contributed by atoms with Gasteiger partial charge >= 0.3 is 0 Å². The molecule has 0 fully saturated rings. The molecule has 0 saturated heterocycles. The molecular formula is C13H20BNO3. The van der Waals surface area contributed by atoms with Crippen LogP contribution in [0.5, 0.6) is 0 Å². The van der Waals surface area contributed by atoms with E-state index in [-0.39, 0.29) is 5.78 Å². The van der Waals surface area contributed by atoms with Crippen LogP contribution in [0.3, 0.4) is 0 Å². The quantitative estimate of drug-likeness (QED) is 0.595. The number of hydrogen-bond acceptors (Lipinski definition) is 4. The monoisotopic (exact) mass is 249 g/mol. The van der Waals surface area contributed by atoms with E-state index in [1.165, 1.54) is 13.1 Å². The van der Waals surface area contributed by atoms with Crippen LogP contribution in [0.1, 0.15) is 45.1 Å². The molecule has 1 aromatic rings. The highest BCUT2D eigenvalue weighted by Crippen LogP contribution is 2.19. The molecule has 98 valence electrons. The van der Waals surface area contributed by atoms with Crippen LogP contribution in [-0.4, -0.2) is 40.0 Å². The van der Waals surface area contributed by atoms with Crippen LogP contribution in [0.2, 0.25) is 0 Å². The van der Waals surface area contributed by atoms with Gasteiger partial charge in [0.2, 0.25) is 0 Å². The summed E-state index contributed by atoms with van der Waals surface area (Å²) in [6, 6.07) is 3.27. The highest BCUT2D eigenvalue weighted by molar-refractivity contribution is 6.32. The molecule has 4 nitrogen and oxygen atoms in total. The molecule has 0 aliphatic rings. The summed E-state index contributed by atoms with van der Waals surface area (Å²) in [7, 11) is 5.35. The zero-order valence-corrected chi connectivity index (χ0v) is 11.6. The van der Waals surface area contributed by atoms with Crippen LogP contribution in [0, 0.1) is 0 Å². The summed E-state index contributed by atoms with van der Waals surface area (Å²) in [5.74, 6) is -0.0417. The summed E-state index contributed by atoms with van der Waals surface area (Å²) < 4.78 is 0. The largest absolute Gasteiger partial charge is 0.387 e. The van der Waals surface area contributed by atoms with Gasteiger partial charge in [-0.1, -0.05) is 11.5 Å². The van der Waals surface area contributed by atoms with E-state index in [0.29, 0.717) is 11.2 Å². The molecule has 0 bridgehead atoms. The van der Waals surface area contributed by atoms with Gasteiger partial charge < -0.3 is 10.2 Å². The number of Topliss-reactive ketones (excluding diaryl/α,β-unsaturated/α-hetero) is 1. The van der Waals surface area contributed by atoms with E-state index in [4.69, 9.17) is 18.1 Å². The molecule has 0 spiro atoms. The third kappa shape index (κ3) is 5.93. The third-order valence-corrected chi connectivity index (χ3v) is 2.64. The van der Waals surface area contributed by atoms with Gasteiger partial charge in [-0.25, -0.2) is 0 Å². The summed E-state index contributed by atoms with van der Waals surface area (Å²) in [4.78, 5) is 14.5. The number of carbonyl (C=O) groups is 1. The summed E-state index contributed by atoms with van der Waals surface area (Å²) >= 11 is 0. The fourth-order valence-corrected chi connectivity index (χ4v) is 0.614. The first-order valence-corrected chi connectivity index (χ1v) is 5.62. The molecule has 18 heavy (non-hydrogen) atoms. The molecular weight excluding hydrogens is 229 g/mol. The number of ketones is 1. The first-order valence-electron chi connectivity index (χ1n) is 5.62. The molecule has 1 heterocycles. The maximum atomic E-state index is 10.7. The van der Waals surface area contributed by atoms with Crippen LogP contribution in [0.15, 0.2) is 18.3 Å². The van der Waals surface area contributed by atoms with Crippen molar-refractivity contribution in [3.05, 3.63) is 24.0 Å². The lowest BCUT2D eigenvalue weighted by atomic mass is 9.90. The van der Waals surface area contributed by atoms with E-state index in [0.717, 1.165) is 0 Å². The van der Waals surface area contributed by atoms with Crippen LogP contribution in [-0.2, 0) is 0 Å². The minimum absolute atomic E-state index is 0.0417. The Hall–Kier alpha value is -1.20. The van der Waals surface area contributed by atoms with Crippen LogP contribution in [0.4, 0.5) is 0 Å². The summed E-state index contributed by atoms with van der Waals surface area (Å²) in [5.41, 5.74) is -0.987. The highest BCUT2D eigenvalue weighted by atomic mass is 16.3. The van der Waals surface area contributed by atoms with Crippen molar-refractivity contribution in [3.63, 3.8) is 0 Å². The Morgan fingerprint density at radius 3 is 1.83 bits per heavy atom. The molecule has 1 aromatic heterocycles. The standard InChI is InChI=1S/C7H6BNO.C6H14O2/c1-5(10)7-3-2-6(8)4-9-7;1-5(2,7)6(3,4)8/h2-4H,1H3;7-8H,1-4H3. The second-order valence-corrected chi connectivity index (χ2v) is 5.15. The Labute approximate surface area is 109 Å². The Morgan fingerprint density at radius 2 is 1.61 bits per heavy atom. The number of carbonyl (C=O) groups excluding carboxylic acids is 1. The molecule has 0 aliphatic carbocycles.